The Kier molecular flexibility index (Phi) is 5.53. The van der Waals surface area contributed by atoms with E-state index in [1.165, 1.54) is 44.1 Å². The average Bonchev–Trinajstić information content (AvgIpc) is 3.04. The van der Waals surface area contributed by atoms with Crippen molar-refractivity contribution in [2.45, 2.75) is 92.7 Å². The van der Waals surface area contributed by atoms with E-state index in [1.54, 1.807) is 5.19 Å². The van der Waals surface area contributed by atoms with Crippen LogP contribution in [-0.2, 0) is 11.8 Å². The zero-order chi connectivity index (χ0) is 25.8. The summed E-state index contributed by atoms with van der Waals surface area (Å²) in [5.74, 6) is -0.493. The Hall–Kier alpha value is -1.70. The van der Waals surface area contributed by atoms with Crippen LogP contribution in [0.4, 0.5) is 0 Å². The van der Waals surface area contributed by atoms with Gasteiger partial charge in [0.25, 0.3) is 5.91 Å². The summed E-state index contributed by atoms with van der Waals surface area (Å²) < 4.78 is 0. The van der Waals surface area contributed by atoms with E-state index in [9.17, 15) is 4.79 Å². The van der Waals surface area contributed by atoms with Gasteiger partial charge in [-0.05, 0) is 71.2 Å². The molecule has 1 heterocycles. The van der Waals surface area contributed by atoms with Crippen molar-refractivity contribution in [3.05, 3.63) is 51.1 Å². The Balaban J connectivity index is 2.24. The smallest absolute Gasteiger partial charge is 0.267 e. The minimum atomic E-state index is -1.92. The highest BCUT2D eigenvalue weighted by Crippen LogP contribution is 2.44. The second-order valence-corrected chi connectivity index (χ2v) is 40.7. The third kappa shape index (κ3) is 3.19. The first-order chi connectivity index (χ1) is 15.4. The van der Waals surface area contributed by atoms with E-state index in [-0.39, 0.29) is 5.41 Å². The fraction of sp³-hybridized carbons (Fsp3) is 0.483. The van der Waals surface area contributed by atoms with Gasteiger partial charge < -0.3 is 0 Å². The SMILES string of the molecule is CC1=Cc2cc(C(C)(C)C)cc(-c3c(C)c4c(C)c(c3C([NH])=O)[Si](C)(C)[Si](C)(C)[Si]4(C)C)c2C1. The number of fused-ring (bicyclic) bond motifs is 3. The molecule has 1 radical (unpaired) electrons. The van der Waals surface area contributed by atoms with E-state index in [0.29, 0.717) is 0 Å². The topological polar surface area (TPSA) is 40.9 Å². The van der Waals surface area contributed by atoms with Crippen molar-refractivity contribution in [1.29, 1.82) is 0 Å². The highest BCUT2D eigenvalue weighted by Gasteiger charge is 2.59. The molecule has 0 atom stereocenters. The normalized spacial score (nSPS) is 19.6. The Labute approximate surface area is 209 Å². The standard InChI is InChI=1S/C29H42NOSi3/c1-17-13-20-15-21(29(4,5)6)16-23(22(20)14-17)24-18(2)26-19(3)27(25(24)28(30)31)33(9,10)34(11,12)32(26,7)8/h13,15-16,30H,14H2,1-12H3. The van der Waals surface area contributed by atoms with Crippen LogP contribution < -0.4 is 16.1 Å². The first-order valence-corrected chi connectivity index (χ1v) is 23.6. The number of hydrogen-bond acceptors (Lipinski definition) is 1. The van der Waals surface area contributed by atoms with Gasteiger partial charge in [-0.3, -0.25) is 10.5 Å². The highest BCUT2D eigenvalue weighted by atomic mass is 29.6. The molecule has 0 aromatic heterocycles. The Morgan fingerprint density at radius 3 is 1.97 bits per heavy atom. The maximum absolute atomic E-state index is 13.3. The first kappa shape index (κ1) is 25.4. The summed E-state index contributed by atoms with van der Waals surface area (Å²) in [5.41, 5.74) is 19.6. The number of rotatable bonds is 2. The lowest BCUT2D eigenvalue weighted by molar-refractivity contribution is 0.0993. The maximum atomic E-state index is 13.3. The van der Waals surface area contributed by atoms with Crippen molar-refractivity contribution in [2.75, 3.05) is 0 Å². The number of carbonyl (C=O) groups is 1. The summed E-state index contributed by atoms with van der Waals surface area (Å²) in [6, 6.07) is 4.71. The molecule has 2 aromatic rings. The van der Waals surface area contributed by atoms with Crippen LogP contribution in [0.2, 0.25) is 39.3 Å². The third-order valence-corrected chi connectivity index (χ3v) is 51.5. The predicted molar refractivity (Wildman–Crippen MR) is 157 cm³/mol. The Morgan fingerprint density at radius 2 is 1.44 bits per heavy atom. The van der Waals surface area contributed by atoms with Gasteiger partial charge >= 0.3 is 0 Å². The molecule has 0 saturated heterocycles. The van der Waals surface area contributed by atoms with E-state index >= 15 is 0 Å². The first-order valence-electron chi connectivity index (χ1n) is 12.6. The molecule has 34 heavy (non-hydrogen) atoms. The molecule has 2 aromatic carbocycles. The summed E-state index contributed by atoms with van der Waals surface area (Å²) in [5, 5.41) is 2.90. The molecule has 1 N–H and O–H groups in total. The summed E-state index contributed by atoms with van der Waals surface area (Å²) in [7, 11) is -5.28. The lowest BCUT2D eigenvalue weighted by Crippen LogP contribution is -2.83. The van der Waals surface area contributed by atoms with Crippen molar-refractivity contribution < 1.29 is 4.79 Å². The molecule has 181 valence electrons. The molecule has 1 aliphatic heterocycles. The van der Waals surface area contributed by atoms with E-state index in [0.717, 1.165) is 17.5 Å². The average molecular weight is 505 g/mol. The van der Waals surface area contributed by atoms with Gasteiger partial charge in [0.2, 0.25) is 0 Å². The Morgan fingerprint density at radius 1 is 0.882 bits per heavy atom. The molecule has 0 unspecified atom stereocenters. The minimum Gasteiger partial charge on any atom is -0.267 e. The zero-order valence-electron chi connectivity index (χ0n) is 23.3. The van der Waals surface area contributed by atoms with Gasteiger partial charge in [-0.2, -0.15) is 0 Å². The number of carbonyl (C=O) groups excluding carboxylic acids is 1. The summed E-state index contributed by atoms with van der Waals surface area (Å²) >= 11 is 0. The van der Waals surface area contributed by atoms with Crippen molar-refractivity contribution in [1.82, 2.24) is 5.73 Å². The van der Waals surface area contributed by atoms with Gasteiger partial charge in [-0.1, -0.05) is 94.6 Å². The summed E-state index contributed by atoms with van der Waals surface area (Å²) in [6.07, 6.45) is 3.25. The quantitative estimate of drug-likeness (QED) is 0.439. The van der Waals surface area contributed by atoms with Crippen LogP contribution in [0.5, 0.6) is 0 Å². The Bertz CT molecular complexity index is 1290. The van der Waals surface area contributed by atoms with Crippen LogP contribution in [0, 0.1) is 13.8 Å². The van der Waals surface area contributed by atoms with Gasteiger partial charge in [0.15, 0.2) is 0 Å². The van der Waals surface area contributed by atoms with Crippen molar-refractivity contribution >= 4 is 44.6 Å². The van der Waals surface area contributed by atoms with Crippen LogP contribution in [0.25, 0.3) is 17.2 Å². The van der Waals surface area contributed by atoms with Gasteiger partial charge in [0.1, 0.15) is 0 Å². The van der Waals surface area contributed by atoms with Crippen LogP contribution in [0.15, 0.2) is 17.7 Å². The van der Waals surface area contributed by atoms with E-state index < -0.39 is 28.2 Å². The molecule has 0 spiro atoms. The zero-order valence-corrected chi connectivity index (χ0v) is 26.3. The van der Waals surface area contributed by atoms with Crippen molar-refractivity contribution in [3.63, 3.8) is 0 Å². The van der Waals surface area contributed by atoms with E-state index in [4.69, 9.17) is 5.73 Å². The molecular weight excluding hydrogens is 463 g/mol. The molecule has 2 aliphatic rings. The second kappa shape index (κ2) is 7.40. The molecular formula is C29H42NOSi3. The number of nitrogens with one attached hydrogen (secondary N) is 1. The monoisotopic (exact) mass is 504 g/mol. The summed E-state index contributed by atoms with van der Waals surface area (Å²) in [4.78, 5) is 13.3. The molecule has 1 aliphatic carbocycles. The largest absolute Gasteiger partial charge is 0.270 e. The molecule has 0 fully saturated rings. The fourth-order valence-corrected chi connectivity index (χ4v) is 40.8. The van der Waals surface area contributed by atoms with Gasteiger partial charge in [-0.15, -0.1) is 0 Å². The lowest BCUT2D eigenvalue weighted by atomic mass is 9.80. The van der Waals surface area contributed by atoms with E-state index in [1.807, 2.05) is 0 Å². The molecule has 2 bridgehead atoms. The number of allylic oxidation sites excluding steroid dienone is 1. The van der Waals surface area contributed by atoms with Crippen molar-refractivity contribution in [2.24, 2.45) is 0 Å². The van der Waals surface area contributed by atoms with Gasteiger partial charge in [0, 0.05) is 12.7 Å². The van der Waals surface area contributed by atoms with E-state index in [2.05, 4.69) is 99.0 Å². The molecule has 0 saturated carbocycles. The minimum absolute atomic E-state index is 0.0114. The van der Waals surface area contributed by atoms with Gasteiger partial charge in [-0.25, -0.2) is 0 Å². The molecule has 4 rings (SSSR count). The molecule has 5 heteroatoms. The predicted octanol–water partition coefficient (Wildman–Crippen LogP) is 6.36. The fourth-order valence-electron chi connectivity index (χ4n) is 6.99. The maximum Gasteiger partial charge on any atom is 0.270 e. The van der Waals surface area contributed by atoms with Gasteiger partial charge in [0.05, 0.1) is 15.2 Å². The lowest BCUT2D eigenvalue weighted by Gasteiger charge is -2.55. The number of benzene rings is 2. The van der Waals surface area contributed by atoms with Crippen LogP contribution >= 0.6 is 0 Å². The summed E-state index contributed by atoms with van der Waals surface area (Å²) in [6.45, 7) is 28.9. The van der Waals surface area contributed by atoms with Crippen LogP contribution in [-0.4, -0.2) is 28.2 Å². The molecule has 2 nitrogen and oxygen atoms in total. The van der Waals surface area contributed by atoms with Crippen molar-refractivity contribution in [3.8, 4) is 11.1 Å². The second-order valence-electron chi connectivity index (χ2n) is 13.5. The number of amides is 1. The third-order valence-electron chi connectivity index (χ3n) is 9.88. The molecule has 1 amide bonds. The van der Waals surface area contributed by atoms with Crippen LogP contribution in [0.1, 0.15) is 65.9 Å². The highest BCUT2D eigenvalue weighted by molar-refractivity contribution is 7.74. The van der Waals surface area contributed by atoms with Crippen LogP contribution in [0.3, 0.4) is 0 Å². The number of hydrogen-bond donors (Lipinski definition) is 0.